The van der Waals surface area contributed by atoms with E-state index in [0.717, 1.165) is 17.7 Å². The predicted molar refractivity (Wildman–Crippen MR) is 107 cm³/mol. The van der Waals surface area contributed by atoms with Crippen LogP contribution in [0.15, 0.2) is 72.2 Å². The van der Waals surface area contributed by atoms with Gasteiger partial charge in [0, 0.05) is 24.3 Å². The van der Waals surface area contributed by atoms with Crippen molar-refractivity contribution in [2.45, 2.75) is 6.18 Å². The molecule has 0 aliphatic heterocycles. The van der Waals surface area contributed by atoms with Crippen molar-refractivity contribution in [1.29, 1.82) is 0 Å². The lowest BCUT2D eigenvalue weighted by molar-refractivity contribution is -0.137. The van der Waals surface area contributed by atoms with Crippen LogP contribution in [0.3, 0.4) is 0 Å². The molecule has 4 nitrogen and oxygen atoms in total. The molecule has 0 saturated heterocycles. The molecule has 1 aromatic carbocycles. The van der Waals surface area contributed by atoms with Crippen LogP contribution in [-0.2, 0) is 11.0 Å². The van der Waals surface area contributed by atoms with E-state index in [1.165, 1.54) is 36.2 Å². The maximum absolute atomic E-state index is 12.8. The Morgan fingerprint density at radius 2 is 1.93 bits per heavy atom. The average Bonchev–Trinajstić information content (AvgIpc) is 2.67. The lowest BCUT2D eigenvalue weighted by atomic mass is 10.0. The minimum Gasteiger partial charge on any atom is -0.398 e. The Labute approximate surface area is 165 Å². The molecule has 2 aromatic rings. The second-order valence-corrected chi connectivity index (χ2v) is 6.28. The first-order valence-electron chi connectivity index (χ1n) is 8.07. The van der Waals surface area contributed by atoms with Crippen molar-refractivity contribution in [1.82, 2.24) is 10.3 Å². The van der Waals surface area contributed by atoms with Crippen molar-refractivity contribution in [2.75, 3.05) is 6.26 Å². The largest absolute Gasteiger partial charge is 0.416 e. The summed E-state index contributed by atoms with van der Waals surface area (Å²) in [6.07, 6.45) is 5.21. The molecule has 0 aliphatic rings. The molecule has 0 aliphatic carbocycles. The third-order valence-electron chi connectivity index (χ3n) is 3.57. The number of aromatic nitrogens is 1. The van der Waals surface area contributed by atoms with Crippen LogP contribution in [0.4, 0.5) is 13.2 Å². The summed E-state index contributed by atoms with van der Waals surface area (Å²) in [6, 6.07) is 7.82. The van der Waals surface area contributed by atoms with Crippen molar-refractivity contribution >= 4 is 29.3 Å². The minimum absolute atomic E-state index is 0.0691. The number of allylic oxidation sites excluding steroid dienone is 1. The van der Waals surface area contributed by atoms with Gasteiger partial charge < -0.3 is 11.1 Å². The van der Waals surface area contributed by atoms with E-state index < -0.39 is 17.6 Å². The second-order valence-electron chi connectivity index (χ2n) is 5.54. The Hall–Kier alpha value is -3.00. The zero-order valence-corrected chi connectivity index (χ0v) is 15.7. The minimum atomic E-state index is -4.46. The molecule has 8 heteroatoms. The fourth-order valence-electron chi connectivity index (χ4n) is 2.25. The molecule has 28 heavy (non-hydrogen) atoms. The molecule has 0 saturated carbocycles. The van der Waals surface area contributed by atoms with Crippen LogP contribution in [0.2, 0.25) is 0 Å². The van der Waals surface area contributed by atoms with Gasteiger partial charge >= 0.3 is 6.18 Å². The van der Waals surface area contributed by atoms with E-state index in [-0.39, 0.29) is 16.8 Å². The number of benzene rings is 1. The van der Waals surface area contributed by atoms with E-state index >= 15 is 0 Å². The molecule has 0 radical (unpaired) electrons. The van der Waals surface area contributed by atoms with Crippen molar-refractivity contribution in [2.24, 2.45) is 5.73 Å². The zero-order chi connectivity index (χ0) is 20.6. The smallest absolute Gasteiger partial charge is 0.398 e. The molecule has 1 amide bonds. The summed E-state index contributed by atoms with van der Waals surface area (Å²) in [5, 5.41) is 4.22. The number of nitrogens with one attached hydrogen (secondary N) is 1. The average molecular weight is 405 g/mol. The SMILES string of the molecule is CS/C=C\NC(=O)/C(=C(N)/C=C/c1cccnc1)c1ccc(C(F)(F)F)cc1. The van der Waals surface area contributed by atoms with E-state index in [2.05, 4.69) is 10.3 Å². The summed E-state index contributed by atoms with van der Waals surface area (Å²) in [4.78, 5) is 16.6. The molecule has 0 spiro atoms. The van der Waals surface area contributed by atoms with Gasteiger partial charge in [-0.05, 0) is 47.1 Å². The van der Waals surface area contributed by atoms with Crippen LogP contribution in [-0.4, -0.2) is 17.1 Å². The molecule has 2 rings (SSSR count). The molecule has 1 heterocycles. The lowest BCUT2D eigenvalue weighted by Gasteiger charge is -2.11. The Morgan fingerprint density at radius 3 is 2.50 bits per heavy atom. The summed E-state index contributed by atoms with van der Waals surface area (Å²) >= 11 is 1.38. The number of carbonyl (C=O) groups excluding carboxylic acids is 1. The molecular formula is C20H18F3N3OS. The number of alkyl halides is 3. The van der Waals surface area contributed by atoms with Crippen molar-refractivity contribution in [3.63, 3.8) is 0 Å². The number of nitrogens with two attached hydrogens (primary N) is 1. The molecule has 3 N–H and O–H groups in total. The third kappa shape index (κ3) is 6.02. The summed E-state index contributed by atoms with van der Waals surface area (Å²) in [7, 11) is 0. The number of halogens is 3. The van der Waals surface area contributed by atoms with Crippen molar-refractivity contribution in [3.05, 3.63) is 88.9 Å². The van der Waals surface area contributed by atoms with E-state index in [0.29, 0.717) is 0 Å². The lowest BCUT2D eigenvalue weighted by Crippen LogP contribution is -2.21. The standard InChI is InChI=1S/C20H18F3N3OS/c1-28-12-11-26-19(27)18(15-5-7-16(8-6-15)20(21,22)23)17(24)9-4-14-3-2-10-25-13-14/h2-13H,24H2,1H3,(H,26,27)/b9-4+,12-11-,18-17-. The van der Waals surface area contributed by atoms with Crippen LogP contribution in [0.1, 0.15) is 16.7 Å². The van der Waals surface area contributed by atoms with E-state index in [1.54, 1.807) is 36.0 Å². The van der Waals surface area contributed by atoms with Crippen LogP contribution < -0.4 is 11.1 Å². The predicted octanol–water partition coefficient (Wildman–Crippen LogP) is 4.43. The molecular weight excluding hydrogens is 387 g/mol. The summed E-state index contributed by atoms with van der Waals surface area (Å²) < 4.78 is 38.4. The fraction of sp³-hybridized carbons (Fsp3) is 0.100. The first-order chi connectivity index (χ1) is 13.3. The number of hydrogen-bond acceptors (Lipinski definition) is 4. The number of thioether (sulfide) groups is 1. The number of hydrogen-bond donors (Lipinski definition) is 2. The molecule has 1 aromatic heterocycles. The topological polar surface area (TPSA) is 68.0 Å². The summed E-state index contributed by atoms with van der Waals surface area (Å²) in [6.45, 7) is 0. The monoisotopic (exact) mass is 405 g/mol. The van der Waals surface area contributed by atoms with E-state index in [9.17, 15) is 18.0 Å². The second kappa shape index (κ2) is 9.80. The maximum atomic E-state index is 12.8. The van der Waals surface area contributed by atoms with Gasteiger partial charge in [-0.25, -0.2) is 0 Å². The van der Waals surface area contributed by atoms with Gasteiger partial charge in [0.2, 0.25) is 0 Å². The zero-order valence-electron chi connectivity index (χ0n) is 14.9. The van der Waals surface area contributed by atoms with E-state index in [4.69, 9.17) is 5.73 Å². The highest BCUT2D eigenvalue weighted by atomic mass is 32.2. The highest BCUT2D eigenvalue weighted by Crippen LogP contribution is 2.30. The quantitative estimate of drug-likeness (QED) is 0.551. The third-order valence-corrected chi connectivity index (χ3v) is 3.98. The normalized spacial score (nSPS) is 13.0. The van der Waals surface area contributed by atoms with Gasteiger partial charge in [0.25, 0.3) is 5.91 Å². The summed E-state index contributed by atoms with van der Waals surface area (Å²) in [5.74, 6) is -0.529. The van der Waals surface area contributed by atoms with Gasteiger partial charge in [-0.3, -0.25) is 9.78 Å². The molecule has 0 atom stereocenters. The highest BCUT2D eigenvalue weighted by Gasteiger charge is 2.30. The van der Waals surface area contributed by atoms with Crippen LogP contribution in [0.25, 0.3) is 11.6 Å². The number of carbonyl (C=O) groups is 1. The van der Waals surface area contributed by atoms with Crippen molar-refractivity contribution < 1.29 is 18.0 Å². The number of pyridine rings is 1. The van der Waals surface area contributed by atoms with Gasteiger partial charge in [-0.1, -0.05) is 24.3 Å². The Bertz CT molecular complexity index is 889. The number of amides is 1. The molecule has 0 fully saturated rings. The van der Waals surface area contributed by atoms with Gasteiger partial charge in [0.05, 0.1) is 11.1 Å². The first-order valence-corrected chi connectivity index (χ1v) is 9.36. The number of rotatable bonds is 6. The Kier molecular flexibility index (Phi) is 7.45. The highest BCUT2D eigenvalue weighted by molar-refractivity contribution is 8.01. The molecule has 0 bridgehead atoms. The van der Waals surface area contributed by atoms with Crippen molar-refractivity contribution in [3.8, 4) is 0 Å². The first kappa shape index (κ1) is 21.3. The van der Waals surface area contributed by atoms with Crippen LogP contribution in [0.5, 0.6) is 0 Å². The Morgan fingerprint density at radius 1 is 1.21 bits per heavy atom. The van der Waals surface area contributed by atoms with Crippen LogP contribution in [0, 0.1) is 0 Å². The van der Waals surface area contributed by atoms with Gasteiger partial charge in [0.15, 0.2) is 0 Å². The van der Waals surface area contributed by atoms with Gasteiger partial charge in [-0.2, -0.15) is 13.2 Å². The van der Waals surface area contributed by atoms with Crippen LogP contribution >= 0.6 is 11.8 Å². The molecule has 146 valence electrons. The summed E-state index contributed by atoms with van der Waals surface area (Å²) in [5.41, 5.74) is 6.50. The van der Waals surface area contributed by atoms with E-state index in [1.807, 2.05) is 6.26 Å². The van der Waals surface area contributed by atoms with Gasteiger partial charge in [-0.15, -0.1) is 11.8 Å². The number of nitrogens with zero attached hydrogens (tertiary/aromatic N) is 1. The van der Waals surface area contributed by atoms with Gasteiger partial charge in [0.1, 0.15) is 0 Å². The maximum Gasteiger partial charge on any atom is 0.416 e. The Balaban J connectivity index is 2.42. The fourth-order valence-corrected chi connectivity index (χ4v) is 2.45. The molecule has 0 unspecified atom stereocenters.